The fourth-order valence-electron chi connectivity index (χ4n) is 2.11. The van der Waals surface area contributed by atoms with Gasteiger partial charge >= 0.3 is 0 Å². The van der Waals surface area contributed by atoms with Crippen molar-refractivity contribution in [2.45, 2.75) is 12.6 Å². The number of aliphatic hydroxyl groups is 1. The van der Waals surface area contributed by atoms with Gasteiger partial charge in [-0.15, -0.1) is 0 Å². The first-order valence-electron chi connectivity index (χ1n) is 6.84. The van der Waals surface area contributed by atoms with Crippen LogP contribution in [0.3, 0.4) is 0 Å². The third-order valence-corrected chi connectivity index (χ3v) is 3.20. The summed E-state index contributed by atoms with van der Waals surface area (Å²) in [5.74, 6) is 0.572. The molecule has 108 valence electrons. The van der Waals surface area contributed by atoms with E-state index in [1.807, 2.05) is 47.4 Å². The molecule has 3 rings (SSSR count). The summed E-state index contributed by atoms with van der Waals surface area (Å²) >= 11 is 0. The Morgan fingerprint density at radius 1 is 1.19 bits per heavy atom. The molecule has 3 aromatic rings. The Labute approximate surface area is 122 Å². The standard InChI is InChI=1S/C16H17N3O2/c20-15(16-7-4-8-21-16)11-17-9-13-10-18-19(12-13)14-5-2-1-3-6-14/h1-8,10,12,15,17,20H,9,11H2. The third-order valence-electron chi connectivity index (χ3n) is 3.20. The highest BCUT2D eigenvalue weighted by molar-refractivity contribution is 5.30. The Morgan fingerprint density at radius 2 is 2.05 bits per heavy atom. The summed E-state index contributed by atoms with van der Waals surface area (Å²) in [7, 11) is 0. The number of hydrogen-bond acceptors (Lipinski definition) is 4. The van der Waals surface area contributed by atoms with Gasteiger partial charge in [0.15, 0.2) is 0 Å². The molecule has 1 atom stereocenters. The number of nitrogens with zero attached hydrogens (tertiary/aromatic N) is 2. The van der Waals surface area contributed by atoms with Gasteiger partial charge in [0.2, 0.25) is 0 Å². The van der Waals surface area contributed by atoms with E-state index in [0.717, 1.165) is 11.3 Å². The second-order valence-electron chi connectivity index (χ2n) is 4.79. The molecular weight excluding hydrogens is 266 g/mol. The average Bonchev–Trinajstić information content (AvgIpc) is 3.20. The Kier molecular flexibility index (Phi) is 4.14. The van der Waals surface area contributed by atoms with Crippen molar-refractivity contribution in [1.29, 1.82) is 0 Å². The van der Waals surface area contributed by atoms with Crippen LogP contribution in [0.2, 0.25) is 0 Å². The quantitative estimate of drug-likeness (QED) is 0.728. The van der Waals surface area contributed by atoms with Crippen molar-refractivity contribution in [3.8, 4) is 5.69 Å². The van der Waals surface area contributed by atoms with E-state index < -0.39 is 6.10 Å². The Balaban J connectivity index is 1.54. The van der Waals surface area contributed by atoms with Crippen LogP contribution < -0.4 is 5.32 Å². The van der Waals surface area contributed by atoms with Crippen LogP contribution in [-0.4, -0.2) is 21.4 Å². The Bertz CT molecular complexity index is 662. The highest BCUT2D eigenvalue weighted by Crippen LogP contribution is 2.12. The molecule has 0 aliphatic heterocycles. The monoisotopic (exact) mass is 283 g/mol. The second-order valence-corrected chi connectivity index (χ2v) is 4.79. The summed E-state index contributed by atoms with van der Waals surface area (Å²) < 4.78 is 6.99. The first-order chi connectivity index (χ1) is 10.3. The summed E-state index contributed by atoms with van der Waals surface area (Å²) in [6.07, 6.45) is 4.72. The van der Waals surface area contributed by atoms with Gasteiger partial charge in [-0.1, -0.05) is 18.2 Å². The number of benzene rings is 1. The van der Waals surface area contributed by atoms with Gasteiger partial charge in [-0.05, 0) is 24.3 Å². The summed E-state index contributed by atoms with van der Waals surface area (Å²) in [4.78, 5) is 0. The van der Waals surface area contributed by atoms with Crippen LogP contribution in [0.4, 0.5) is 0 Å². The number of aliphatic hydroxyl groups excluding tert-OH is 1. The number of furan rings is 1. The molecule has 0 amide bonds. The van der Waals surface area contributed by atoms with E-state index in [1.54, 1.807) is 18.4 Å². The molecule has 0 radical (unpaired) electrons. The topological polar surface area (TPSA) is 63.2 Å². The van der Waals surface area contributed by atoms with Gasteiger partial charge in [-0.2, -0.15) is 5.10 Å². The molecule has 0 saturated heterocycles. The molecule has 0 spiro atoms. The van der Waals surface area contributed by atoms with Crippen molar-refractivity contribution in [3.63, 3.8) is 0 Å². The van der Waals surface area contributed by atoms with Crippen molar-refractivity contribution in [2.75, 3.05) is 6.54 Å². The van der Waals surface area contributed by atoms with Gasteiger partial charge < -0.3 is 14.8 Å². The molecule has 5 heteroatoms. The van der Waals surface area contributed by atoms with E-state index in [0.29, 0.717) is 18.8 Å². The molecule has 2 aromatic heterocycles. The maximum atomic E-state index is 9.89. The predicted octanol–water partition coefficient (Wildman–Crippen LogP) is 2.29. The first kappa shape index (κ1) is 13.6. The summed E-state index contributed by atoms with van der Waals surface area (Å²) in [6, 6.07) is 13.5. The number of nitrogens with one attached hydrogen (secondary N) is 1. The number of para-hydroxylation sites is 1. The average molecular weight is 283 g/mol. The van der Waals surface area contributed by atoms with Crippen LogP contribution in [0.15, 0.2) is 65.5 Å². The highest BCUT2D eigenvalue weighted by Gasteiger charge is 2.09. The summed E-state index contributed by atoms with van der Waals surface area (Å²) in [5, 5.41) is 17.4. The predicted molar refractivity (Wildman–Crippen MR) is 78.9 cm³/mol. The molecule has 1 aromatic carbocycles. The van der Waals surface area contributed by atoms with E-state index >= 15 is 0 Å². The number of hydrogen-bond donors (Lipinski definition) is 2. The van der Waals surface area contributed by atoms with E-state index in [-0.39, 0.29) is 0 Å². The largest absolute Gasteiger partial charge is 0.467 e. The molecule has 0 bridgehead atoms. The van der Waals surface area contributed by atoms with Crippen molar-refractivity contribution < 1.29 is 9.52 Å². The smallest absolute Gasteiger partial charge is 0.133 e. The molecule has 1 unspecified atom stereocenters. The molecule has 0 aliphatic rings. The normalized spacial score (nSPS) is 12.4. The molecule has 5 nitrogen and oxygen atoms in total. The highest BCUT2D eigenvalue weighted by atomic mass is 16.4. The Hall–Kier alpha value is -2.37. The van der Waals surface area contributed by atoms with Crippen molar-refractivity contribution in [3.05, 3.63) is 72.4 Å². The van der Waals surface area contributed by atoms with Gasteiger partial charge in [0.05, 0.1) is 18.1 Å². The molecule has 0 saturated carbocycles. The Morgan fingerprint density at radius 3 is 2.81 bits per heavy atom. The second kappa shape index (κ2) is 6.39. The lowest BCUT2D eigenvalue weighted by molar-refractivity contribution is 0.147. The molecule has 21 heavy (non-hydrogen) atoms. The minimum absolute atomic E-state index is 0.435. The van der Waals surface area contributed by atoms with Gasteiger partial charge in [-0.3, -0.25) is 0 Å². The lowest BCUT2D eigenvalue weighted by Crippen LogP contribution is -2.20. The number of aromatic nitrogens is 2. The lowest BCUT2D eigenvalue weighted by Gasteiger charge is -2.08. The maximum absolute atomic E-state index is 9.89. The van der Waals surface area contributed by atoms with Crippen molar-refractivity contribution in [1.82, 2.24) is 15.1 Å². The van der Waals surface area contributed by atoms with Crippen molar-refractivity contribution in [2.24, 2.45) is 0 Å². The van der Waals surface area contributed by atoms with Crippen LogP contribution in [0.25, 0.3) is 5.69 Å². The van der Waals surface area contributed by atoms with Crippen LogP contribution >= 0.6 is 0 Å². The van der Waals surface area contributed by atoms with Gasteiger partial charge in [-0.25, -0.2) is 4.68 Å². The third kappa shape index (κ3) is 3.39. The molecule has 2 heterocycles. The van der Waals surface area contributed by atoms with Gasteiger partial charge in [0, 0.05) is 24.8 Å². The molecule has 2 N–H and O–H groups in total. The lowest BCUT2D eigenvalue weighted by atomic mass is 10.2. The zero-order valence-electron chi connectivity index (χ0n) is 11.5. The fraction of sp³-hybridized carbons (Fsp3) is 0.188. The fourth-order valence-corrected chi connectivity index (χ4v) is 2.11. The molecule has 0 aliphatic carbocycles. The SMILES string of the molecule is OC(CNCc1cnn(-c2ccccc2)c1)c1ccco1. The van der Waals surface area contributed by atoms with Crippen molar-refractivity contribution >= 4 is 0 Å². The molecular formula is C16H17N3O2. The minimum atomic E-state index is -0.635. The van der Waals surface area contributed by atoms with E-state index in [9.17, 15) is 5.11 Å². The van der Waals surface area contributed by atoms with E-state index in [4.69, 9.17) is 4.42 Å². The first-order valence-corrected chi connectivity index (χ1v) is 6.84. The number of rotatable bonds is 6. The zero-order valence-corrected chi connectivity index (χ0v) is 11.5. The van der Waals surface area contributed by atoms with Gasteiger partial charge in [0.25, 0.3) is 0 Å². The van der Waals surface area contributed by atoms with Gasteiger partial charge in [0.1, 0.15) is 11.9 Å². The van der Waals surface area contributed by atoms with E-state index in [2.05, 4.69) is 10.4 Å². The maximum Gasteiger partial charge on any atom is 0.133 e. The summed E-state index contributed by atoms with van der Waals surface area (Å²) in [5.41, 5.74) is 2.09. The summed E-state index contributed by atoms with van der Waals surface area (Å²) in [6.45, 7) is 1.08. The van der Waals surface area contributed by atoms with Crippen LogP contribution in [0, 0.1) is 0 Å². The van der Waals surface area contributed by atoms with Crippen LogP contribution in [0.5, 0.6) is 0 Å². The van der Waals surface area contributed by atoms with E-state index in [1.165, 1.54) is 0 Å². The zero-order chi connectivity index (χ0) is 14.5. The molecule has 0 fully saturated rings. The minimum Gasteiger partial charge on any atom is -0.467 e. The van der Waals surface area contributed by atoms with Crippen LogP contribution in [-0.2, 0) is 6.54 Å². The van der Waals surface area contributed by atoms with Crippen LogP contribution in [0.1, 0.15) is 17.4 Å².